The Morgan fingerprint density at radius 3 is 2.30 bits per heavy atom. The summed E-state index contributed by atoms with van der Waals surface area (Å²) in [6, 6.07) is 6.04. The zero-order valence-corrected chi connectivity index (χ0v) is 12.9. The van der Waals surface area contributed by atoms with Crippen LogP contribution < -0.4 is 4.74 Å². The molecular weight excluding hydrogens is 248 g/mol. The second-order valence-electron chi connectivity index (χ2n) is 5.81. The van der Waals surface area contributed by atoms with Crippen molar-refractivity contribution >= 4 is 5.78 Å². The largest absolute Gasteiger partial charge is 0.497 e. The van der Waals surface area contributed by atoms with Gasteiger partial charge in [0, 0.05) is 11.5 Å². The van der Waals surface area contributed by atoms with Crippen LogP contribution in [0.1, 0.15) is 74.2 Å². The van der Waals surface area contributed by atoms with Crippen molar-refractivity contribution in [3.63, 3.8) is 0 Å². The van der Waals surface area contributed by atoms with E-state index in [1.165, 1.54) is 18.4 Å². The van der Waals surface area contributed by atoms with Crippen LogP contribution in [0, 0.1) is 5.92 Å². The summed E-state index contributed by atoms with van der Waals surface area (Å²) < 4.78 is 5.27. The van der Waals surface area contributed by atoms with Crippen LogP contribution in [0.4, 0.5) is 0 Å². The highest BCUT2D eigenvalue weighted by molar-refractivity contribution is 6.03. The van der Waals surface area contributed by atoms with Crippen molar-refractivity contribution in [3.05, 3.63) is 29.3 Å². The summed E-state index contributed by atoms with van der Waals surface area (Å²) in [5.74, 6) is 1.76. The highest BCUT2D eigenvalue weighted by Gasteiger charge is 2.38. The van der Waals surface area contributed by atoms with E-state index in [1.807, 2.05) is 12.1 Å². The Kier molecular flexibility index (Phi) is 5.22. The highest BCUT2D eigenvalue weighted by atomic mass is 16.5. The first-order valence-corrected chi connectivity index (χ1v) is 7.95. The Labute approximate surface area is 122 Å². The Hall–Kier alpha value is -1.31. The molecule has 0 saturated heterocycles. The Morgan fingerprint density at radius 2 is 1.70 bits per heavy atom. The Morgan fingerprint density at radius 1 is 1.05 bits per heavy atom. The summed E-state index contributed by atoms with van der Waals surface area (Å²) in [5.41, 5.74) is 2.16. The molecule has 0 heterocycles. The minimum Gasteiger partial charge on any atom is -0.497 e. The third-order valence-electron chi connectivity index (χ3n) is 4.49. The standard InChI is InChI=1S/C18H26O2/c1-4-6-8-14-15-11-10-13(20-3)12-17(15)18(19)16(14)9-7-5-2/h10-12,14,16H,4-9H2,1-3H3/t14-,16+/m1/s1. The Balaban J connectivity index is 2.28. The van der Waals surface area contributed by atoms with Crippen molar-refractivity contribution in [2.75, 3.05) is 7.11 Å². The summed E-state index contributed by atoms with van der Waals surface area (Å²) in [7, 11) is 1.66. The minimum absolute atomic E-state index is 0.198. The molecule has 0 aliphatic heterocycles. The van der Waals surface area contributed by atoms with Crippen LogP contribution in [-0.2, 0) is 0 Å². The summed E-state index contributed by atoms with van der Waals surface area (Å²) in [4.78, 5) is 12.7. The van der Waals surface area contributed by atoms with Crippen molar-refractivity contribution in [3.8, 4) is 5.75 Å². The molecule has 0 amide bonds. The topological polar surface area (TPSA) is 26.3 Å². The van der Waals surface area contributed by atoms with Gasteiger partial charge in [0.1, 0.15) is 5.75 Å². The molecule has 2 heteroatoms. The zero-order chi connectivity index (χ0) is 14.5. The second kappa shape index (κ2) is 6.92. The molecule has 1 aromatic rings. The molecule has 0 saturated carbocycles. The number of hydrogen-bond acceptors (Lipinski definition) is 2. The predicted octanol–water partition coefficient (Wildman–Crippen LogP) is 4.97. The quantitative estimate of drug-likeness (QED) is 0.701. The van der Waals surface area contributed by atoms with E-state index >= 15 is 0 Å². The van der Waals surface area contributed by atoms with Gasteiger partial charge in [-0.25, -0.2) is 0 Å². The molecule has 0 spiro atoms. The molecule has 0 N–H and O–H groups in total. The van der Waals surface area contributed by atoms with E-state index in [4.69, 9.17) is 4.74 Å². The van der Waals surface area contributed by atoms with Gasteiger partial charge in [-0.05, 0) is 36.5 Å². The number of fused-ring (bicyclic) bond motifs is 1. The molecule has 1 aromatic carbocycles. The van der Waals surface area contributed by atoms with E-state index in [0.29, 0.717) is 11.7 Å². The third-order valence-corrected chi connectivity index (χ3v) is 4.49. The molecule has 20 heavy (non-hydrogen) atoms. The van der Waals surface area contributed by atoms with Crippen LogP contribution >= 0.6 is 0 Å². The van der Waals surface area contributed by atoms with Crippen molar-refractivity contribution in [1.82, 2.24) is 0 Å². The first kappa shape index (κ1) is 15.1. The second-order valence-corrected chi connectivity index (χ2v) is 5.81. The zero-order valence-electron chi connectivity index (χ0n) is 12.9. The van der Waals surface area contributed by atoms with E-state index < -0.39 is 0 Å². The van der Waals surface area contributed by atoms with Gasteiger partial charge >= 0.3 is 0 Å². The summed E-state index contributed by atoms with van der Waals surface area (Å²) in [6.07, 6.45) is 6.85. The number of hydrogen-bond donors (Lipinski definition) is 0. The van der Waals surface area contributed by atoms with E-state index in [1.54, 1.807) is 7.11 Å². The maximum Gasteiger partial charge on any atom is 0.166 e. The number of methoxy groups -OCH3 is 1. The number of rotatable bonds is 7. The molecule has 2 nitrogen and oxygen atoms in total. The monoisotopic (exact) mass is 274 g/mol. The van der Waals surface area contributed by atoms with E-state index in [2.05, 4.69) is 19.9 Å². The fourth-order valence-corrected chi connectivity index (χ4v) is 3.34. The Bertz CT molecular complexity index is 464. The average Bonchev–Trinajstić information content (AvgIpc) is 2.74. The van der Waals surface area contributed by atoms with Crippen LogP contribution in [0.25, 0.3) is 0 Å². The van der Waals surface area contributed by atoms with Gasteiger partial charge in [0.15, 0.2) is 5.78 Å². The molecule has 2 rings (SSSR count). The predicted molar refractivity (Wildman–Crippen MR) is 82.6 cm³/mol. The molecule has 0 bridgehead atoms. The van der Waals surface area contributed by atoms with Crippen LogP contribution in [0.3, 0.4) is 0 Å². The molecule has 0 fully saturated rings. The minimum atomic E-state index is 0.198. The van der Waals surface area contributed by atoms with Crippen molar-refractivity contribution in [1.29, 1.82) is 0 Å². The van der Waals surface area contributed by atoms with Gasteiger partial charge < -0.3 is 4.74 Å². The fraction of sp³-hybridized carbons (Fsp3) is 0.611. The fourth-order valence-electron chi connectivity index (χ4n) is 3.34. The molecular formula is C18H26O2. The molecule has 1 aliphatic rings. The maximum atomic E-state index is 12.7. The van der Waals surface area contributed by atoms with E-state index in [9.17, 15) is 4.79 Å². The van der Waals surface area contributed by atoms with E-state index in [-0.39, 0.29) is 5.92 Å². The third kappa shape index (κ3) is 2.89. The van der Waals surface area contributed by atoms with E-state index in [0.717, 1.165) is 37.0 Å². The van der Waals surface area contributed by atoms with Gasteiger partial charge in [0.2, 0.25) is 0 Å². The lowest BCUT2D eigenvalue weighted by molar-refractivity contribution is 0.0911. The molecule has 0 aromatic heterocycles. The van der Waals surface area contributed by atoms with Gasteiger partial charge in [-0.2, -0.15) is 0 Å². The van der Waals surface area contributed by atoms with Gasteiger partial charge in [-0.15, -0.1) is 0 Å². The summed E-state index contributed by atoms with van der Waals surface area (Å²) in [5, 5.41) is 0. The number of carbonyl (C=O) groups is 1. The first-order chi connectivity index (χ1) is 9.72. The molecule has 110 valence electrons. The molecule has 0 unspecified atom stereocenters. The summed E-state index contributed by atoms with van der Waals surface area (Å²) in [6.45, 7) is 4.41. The van der Waals surface area contributed by atoms with Crippen LogP contribution in [-0.4, -0.2) is 12.9 Å². The normalized spacial score (nSPS) is 21.1. The SMILES string of the molecule is CCCC[C@@H]1C(=O)c2cc(OC)ccc2[C@H]1CCCC. The van der Waals surface area contributed by atoms with Crippen molar-refractivity contribution in [2.24, 2.45) is 5.92 Å². The number of benzene rings is 1. The van der Waals surface area contributed by atoms with Crippen molar-refractivity contribution < 1.29 is 9.53 Å². The lowest BCUT2D eigenvalue weighted by Crippen LogP contribution is -2.14. The van der Waals surface area contributed by atoms with Crippen molar-refractivity contribution in [2.45, 2.75) is 58.3 Å². The number of ketones is 1. The number of carbonyl (C=O) groups excluding carboxylic acids is 1. The van der Waals surface area contributed by atoms with Gasteiger partial charge in [-0.3, -0.25) is 4.79 Å². The smallest absolute Gasteiger partial charge is 0.166 e. The average molecular weight is 274 g/mol. The number of unbranched alkanes of at least 4 members (excludes halogenated alkanes) is 2. The summed E-state index contributed by atoms with van der Waals surface area (Å²) >= 11 is 0. The lowest BCUT2D eigenvalue weighted by Gasteiger charge is -2.18. The molecule has 2 atom stereocenters. The van der Waals surface area contributed by atoms with Crippen LogP contribution in [0.2, 0.25) is 0 Å². The van der Waals surface area contributed by atoms with Gasteiger partial charge in [-0.1, -0.05) is 45.6 Å². The maximum absolute atomic E-state index is 12.7. The van der Waals surface area contributed by atoms with Gasteiger partial charge in [0.05, 0.1) is 7.11 Å². The van der Waals surface area contributed by atoms with Gasteiger partial charge in [0.25, 0.3) is 0 Å². The first-order valence-electron chi connectivity index (χ1n) is 7.95. The molecule has 1 aliphatic carbocycles. The number of ether oxygens (including phenoxy) is 1. The number of Topliss-reactive ketones (excluding diaryl/α,β-unsaturated/α-hetero) is 1. The lowest BCUT2D eigenvalue weighted by atomic mass is 9.84. The van der Waals surface area contributed by atoms with Crippen LogP contribution in [0.5, 0.6) is 5.75 Å². The van der Waals surface area contributed by atoms with Crippen LogP contribution in [0.15, 0.2) is 18.2 Å². The highest BCUT2D eigenvalue weighted by Crippen LogP contribution is 2.44. The molecule has 0 radical (unpaired) electrons.